The minimum Gasteiger partial charge on any atom is -0.390 e. The third-order valence-electron chi connectivity index (χ3n) is 5.16. The van der Waals surface area contributed by atoms with Gasteiger partial charge in [0.2, 0.25) is 11.2 Å². The molecule has 1 aliphatic heterocycles. The standard InChI is InChI=1S/C19H21Cl2N6O6P/c20-12-4-2-1-3-10(12)6-23-17-11-7-24-27(18(11)26-19(21)25-17)16-5-13(28)14(33-16)8-22-15(29)9-34(30,31)32/h1-4,7,13-14,16,28H,5-6,8-9H2,(H,22,29)(H,23,25,26)(H2,30,31,32)/t13-,14+,16+/m0/s1. The quantitative estimate of drug-likeness (QED) is 0.213. The molecule has 0 saturated carbocycles. The van der Waals surface area contributed by atoms with E-state index >= 15 is 0 Å². The zero-order chi connectivity index (χ0) is 24.5. The van der Waals surface area contributed by atoms with Crippen molar-refractivity contribution in [1.29, 1.82) is 0 Å². The Labute approximate surface area is 203 Å². The van der Waals surface area contributed by atoms with Gasteiger partial charge in [-0.15, -0.1) is 0 Å². The van der Waals surface area contributed by atoms with E-state index in [1.165, 1.54) is 4.68 Å². The number of nitrogens with one attached hydrogen (secondary N) is 2. The number of carbonyl (C=O) groups excluding carboxylic acids is 1. The van der Waals surface area contributed by atoms with Gasteiger partial charge in [0.05, 0.1) is 17.7 Å². The second-order valence-electron chi connectivity index (χ2n) is 7.67. The molecule has 4 rings (SSSR count). The van der Waals surface area contributed by atoms with Crippen molar-refractivity contribution in [3.05, 3.63) is 46.3 Å². The third kappa shape index (κ3) is 5.84. The number of nitrogens with zero attached hydrogens (tertiary/aromatic N) is 4. The van der Waals surface area contributed by atoms with Crippen LogP contribution in [0.4, 0.5) is 5.82 Å². The smallest absolute Gasteiger partial charge is 0.334 e. The fraction of sp³-hybridized carbons (Fsp3) is 0.368. The van der Waals surface area contributed by atoms with Gasteiger partial charge in [-0.2, -0.15) is 15.1 Å². The Kier molecular flexibility index (Phi) is 7.39. The lowest BCUT2D eigenvalue weighted by molar-refractivity contribution is -0.120. The molecule has 0 unspecified atom stereocenters. The van der Waals surface area contributed by atoms with Crippen LogP contribution in [0, 0.1) is 0 Å². The van der Waals surface area contributed by atoms with Crippen molar-refractivity contribution in [2.45, 2.75) is 31.4 Å². The minimum absolute atomic E-state index is 0.0179. The molecule has 5 N–H and O–H groups in total. The number of aromatic nitrogens is 4. The second kappa shape index (κ2) is 10.1. The largest absolute Gasteiger partial charge is 0.390 e. The van der Waals surface area contributed by atoms with Crippen LogP contribution in [-0.4, -0.2) is 65.5 Å². The second-order valence-corrected chi connectivity index (χ2v) is 10.1. The number of rotatable bonds is 8. The molecule has 1 aromatic carbocycles. The first-order valence-electron chi connectivity index (χ1n) is 10.1. The lowest BCUT2D eigenvalue weighted by Crippen LogP contribution is -2.38. The van der Waals surface area contributed by atoms with Crippen LogP contribution in [-0.2, 0) is 20.6 Å². The molecule has 1 saturated heterocycles. The molecule has 34 heavy (non-hydrogen) atoms. The maximum atomic E-state index is 11.7. The van der Waals surface area contributed by atoms with E-state index in [0.29, 0.717) is 28.4 Å². The van der Waals surface area contributed by atoms with E-state index in [2.05, 4.69) is 25.7 Å². The Morgan fingerprint density at radius 3 is 2.76 bits per heavy atom. The first-order valence-corrected chi connectivity index (χ1v) is 12.7. The molecule has 1 fully saturated rings. The number of benzene rings is 1. The van der Waals surface area contributed by atoms with Gasteiger partial charge in [-0.05, 0) is 23.2 Å². The number of amides is 1. The molecule has 0 aliphatic carbocycles. The summed E-state index contributed by atoms with van der Waals surface area (Å²) in [7, 11) is -4.48. The van der Waals surface area contributed by atoms with Crippen LogP contribution in [0.1, 0.15) is 18.2 Å². The van der Waals surface area contributed by atoms with Gasteiger partial charge >= 0.3 is 7.60 Å². The van der Waals surface area contributed by atoms with Crippen molar-refractivity contribution in [1.82, 2.24) is 25.1 Å². The van der Waals surface area contributed by atoms with Gasteiger partial charge in [0, 0.05) is 24.5 Å². The van der Waals surface area contributed by atoms with Gasteiger partial charge in [0.15, 0.2) is 11.9 Å². The van der Waals surface area contributed by atoms with Crippen molar-refractivity contribution in [3.63, 3.8) is 0 Å². The van der Waals surface area contributed by atoms with E-state index in [1.54, 1.807) is 12.3 Å². The SMILES string of the molecule is O=C(CP(=O)(O)O)NC[C@H]1O[C@@H](n2ncc3c(NCc4ccccc4Cl)nc(Cl)nc32)C[C@@H]1O. The van der Waals surface area contributed by atoms with Crippen molar-refractivity contribution in [3.8, 4) is 0 Å². The molecule has 0 spiro atoms. The number of anilines is 1. The van der Waals surface area contributed by atoms with Crippen LogP contribution in [0.3, 0.4) is 0 Å². The molecule has 182 valence electrons. The summed E-state index contributed by atoms with van der Waals surface area (Å²) in [5.74, 6) is -0.396. The fourth-order valence-corrected chi connectivity index (χ4v) is 4.42. The average molecular weight is 531 g/mol. The van der Waals surface area contributed by atoms with Crippen molar-refractivity contribution in [2.24, 2.45) is 0 Å². The zero-order valence-corrected chi connectivity index (χ0v) is 19.9. The molecule has 3 aromatic rings. The number of aliphatic hydroxyl groups is 1. The van der Waals surface area contributed by atoms with Crippen LogP contribution in [0.5, 0.6) is 0 Å². The summed E-state index contributed by atoms with van der Waals surface area (Å²) in [6.07, 6.45) is -1.71. The Morgan fingerprint density at radius 2 is 2.03 bits per heavy atom. The number of ether oxygens (including phenoxy) is 1. The van der Waals surface area contributed by atoms with Gasteiger partial charge in [-0.25, -0.2) is 4.68 Å². The van der Waals surface area contributed by atoms with E-state index in [9.17, 15) is 14.5 Å². The summed E-state index contributed by atoms with van der Waals surface area (Å²) in [4.78, 5) is 37.9. The van der Waals surface area contributed by atoms with Gasteiger partial charge in [-0.3, -0.25) is 9.36 Å². The molecule has 3 atom stereocenters. The molecule has 0 bridgehead atoms. The molecule has 2 aromatic heterocycles. The van der Waals surface area contributed by atoms with Crippen LogP contribution in [0.2, 0.25) is 10.3 Å². The van der Waals surface area contributed by atoms with Crippen LogP contribution in [0.25, 0.3) is 11.0 Å². The normalized spacial score (nSPS) is 20.6. The minimum atomic E-state index is -4.48. The summed E-state index contributed by atoms with van der Waals surface area (Å²) in [6, 6.07) is 7.37. The Balaban J connectivity index is 1.48. The molecule has 3 heterocycles. The summed E-state index contributed by atoms with van der Waals surface area (Å²) >= 11 is 12.4. The number of carbonyl (C=O) groups is 1. The Bertz CT molecular complexity index is 1250. The lowest BCUT2D eigenvalue weighted by Gasteiger charge is -2.16. The molecule has 15 heteroatoms. The zero-order valence-electron chi connectivity index (χ0n) is 17.5. The third-order valence-corrected chi connectivity index (χ3v) is 6.39. The molecule has 0 radical (unpaired) electrons. The maximum absolute atomic E-state index is 11.7. The number of hydrogen-bond acceptors (Lipinski definition) is 8. The average Bonchev–Trinajstić information content (AvgIpc) is 3.33. The van der Waals surface area contributed by atoms with Gasteiger partial charge in [-0.1, -0.05) is 29.8 Å². The van der Waals surface area contributed by atoms with Gasteiger partial charge in [0.1, 0.15) is 18.1 Å². The van der Waals surface area contributed by atoms with E-state index in [0.717, 1.165) is 5.56 Å². The molecule has 1 aliphatic rings. The first kappa shape index (κ1) is 24.8. The van der Waals surface area contributed by atoms with E-state index < -0.39 is 38.1 Å². The predicted molar refractivity (Wildman–Crippen MR) is 124 cm³/mol. The molecule has 12 nitrogen and oxygen atoms in total. The lowest BCUT2D eigenvalue weighted by atomic mass is 10.2. The van der Waals surface area contributed by atoms with Crippen molar-refractivity contribution >= 4 is 53.6 Å². The number of aliphatic hydroxyl groups excluding tert-OH is 1. The first-order chi connectivity index (χ1) is 16.1. The summed E-state index contributed by atoms with van der Waals surface area (Å²) in [5, 5.41) is 21.4. The van der Waals surface area contributed by atoms with Crippen molar-refractivity contribution in [2.75, 3.05) is 18.0 Å². The van der Waals surface area contributed by atoms with Gasteiger partial charge < -0.3 is 30.3 Å². The summed E-state index contributed by atoms with van der Waals surface area (Å²) in [6.45, 7) is 0.262. The van der Waals surface area contributed by atoms with E-state index in [4.69, 9.17) is 37.7 Å². The predicted octanol–water partition coefficient (Wildman–Crippen LogP) is 1.69. The summed E-state index contributed by atoms with van der Waals surface area (Å²) in [5.41, 5.74) is 1.25. The number of halogens is 2. The topological polar surface area (TPSA) is 172 Å². The highest BCUT2D eigenvalue weighted by Crippen LogP contribution is 2.34. The van der Waals surface area contributed by atoms with E-state index in [1.807, 2.05) is 18.2 Å². The van der Waals surface area contributed by atoms with Gasteiger partial charge in [0.25, 0.3) is 0 Å². The highest BCUT2D eigenvalue weighted by molar-refractivity contribution is 7.52. The monoisotopic (exact) mass is 530 g/mol. The Hall–Kier alpha value is -2.31. The Morgan fingerprint density at radius 1 is 1.26 bits per heavy atom. The van der Waals surface area contributed by atoms with Crippen molar-refractivity contribution < 1.29 is 29.0 Å². The van der Waals surface area contributed by atoms with Crippen LogP contribution < -0.4 is 10.6 Å². The van der Waals surface area contributed by atoms with Crippen LogP contribution in [0.15, 0.2) is 30.5 Å². The molecule has 1 amide bonds. The van der Waals surface area contributed by atoms with Crippen LogP contribution >= 0.6 is 30.8 Å². The molecular formula is C19H21Cl2N6O6P. The summed E-state index contributed by atoms with van der Waals surface area (Å²) < 4.78 is 18.2. The highest BCUT2D eigenvalue weighted by atomic mass is 35.5. The van der Waals surface area contributed by atoms with E-state index in [-0.39, 0.29) is 18.2 Å². The highest BCUT2D eigenvalue weighted by Gasteiger charge is 2.37. The number of hydrogen-bond donors (Lipinski definition) is 5. The number of fused-ring (bicyclic) bond motifs is 1. The fourth-order valence-electron chi connectivity index (χ4n) is 3.57. The maximum Gasteiger partial charge on any atom is 0.334 e. The molecular weight excluding hydrogens is 510 g/mol.